The molecule has 1 amide bonds. The number of anilines is 1. The Morgan fingerprint density at radius 3 is 2.77 bits per heavy atom. The van der Waals surface area contributed by atoms with Gasteiger partial charge in [-0.3, -0.25) is 9.48 Å². The van der Waals surface area contributed by atoms with Crippen molar-refractivity contribution in [2.24, 2.45) is 13.0 Å². The van der Waals surface area contributed by atoms with Gasteiger partial charge >= 0.3 is 0 Å². The van der Waals surface area contributed by atoms with E-state index in [1.165, 1.54) is 0 Å². The Balaban J connectivity index is 1.90. The topological polar surface area (TPSA) is 47.4 Å². The van der Waals surface area contributed by atoms with Gasteiger partial charge in [0.1, 0.15) is 5.69 Å². The van der Waals surface area contributed by atoms with E-state index >= 15 is 0 Å². The zero-order chi connectivity index (χ0) is 15.5. The minimum Gasteiger partial charge on any atom is -0.381 e. The maximum Gasteiger partial charge on any atom is 0.276 e. The average molecular weight is 299 g/mol. The summed E-state index contributed by atoms with van der Waals surface area (Å²) in [6.07, 6.45) is 1.00. The molecule has 0 saturated carbocycles. The second kappa shape index (κ2) is 6.32. The van der Waals surface area contributed by atoms with Crippen LogP contribution in [0.2, 0.25) is 0 Å². The molecule has 0 spiro atoms. The molecule has 0 radical (unpaired) electrons. The smallest absolute Gasteiger partial charge is 0.276 e. The van der Waals surface area contributed by atoms with Crippen LogP contribution in [0.15, 0.2) is 36.4 Å². The number of aryl methyl sites for hydroxylation is 2. The molecule has 1 aliphatic heterocycles. The van der Waals surface area contributed by atoms with Crippen LogP contribution in [0.3, 0.4) is 0 Å². The van der Waals surface area contributed by atoms with Gasteiger partial charge in [0.2, 0.25) is 0 Å². The lowest BCUT2D eigenvalue weighted by Crippen LogP contribution is -2.36. The lowest BCUT2D eigenvalue weighted by Gasteiger charge is -2.25. The fourth-order valence-corrected chi connectivity index (χ4v) is 2.85. The zero-order valence-electron chi connectivity index (χ0n) is 13.0. The predicted molar refractivity (Wildman–Crippen MR) is 85.0 cm³/mol. The number of hydrogen-bond donors (Lipinski definition) is 0. The third kappa shape index (κ3) is 3.04. The molecule has 1 aromatic heterocycles. The van der Waals surface area contributed by atoms with Gasteiger partial charge in [-0.25, -0.2) is 0 Å². The maximum absolute atomic E-state index is 13.0. The molecule has 5 heteroatoms. The number of hydrogen-bond acceptors (Lipinski definition) is 3. The lowest BCUT2D eigenvalue weighted by atomic mass is 10.1. The molecule has 1 aromatic carbocycles. The minimum atomic E-state index is -0.0128. The highest BCUT2D eigenvalue weighted by molar-refractivity contribution is 6.05. The first-order valence-corrected chi connectivity index (χ1v) is 7.60. The van der Waals surface area contributed by atoms with E-state index in [9.17, 15) is 4.79 Å². The van der Waals surface area contributed by atoms with Gasteiger partial charge in [-0.1, -0.05) is 18.2 Å². The first-order valence-electron chi connectivity index (χ1n) is 7.60. The van der Waals surface area contributed by atoms with Crippen molar-refractivity contribution in [2.75, 3.05) is 24.7 Å². The molecule has 2 heterocycles. The first-order chi connectivity index (χ1) is 10.6. The monoisotopic (exact) mass is 299 g/mol. The molecular weight excluding hydrogens is 278 g/mol. The van der Waals surface area contributed by atoms with Gasteiger partial charge in [-0.05, 0) is 31.5 Å². The molecule has 0 bridgehead atoms. The highest BCUT2D eigenvalue weighted by Crippen LogP contribution is 2.22. The van der Waals surface area contributed by atoms with E-state index in [0.29, 0.717) is 18.2 Å². The summed E-state index contributed by atoms with van der Waals surface area (Å²) >= 11 is 0. The number of amides is 1. The summed E-state index contributed by atoms with van der Waals surface area (Å²) in [7, 11) is 1.81. The molecule has 3 rings (SSSR count). The molecule has 0 unspecified atom stereocenters. The maximum atomic E-state index is 13.0. The van der Waals surface area contributed by atoms with E-state index < -0.39 is 0 Å². The summed E-state index contributed by atoms with van der Waals surface area (Å²) in [6.45, 7) is 4.08. The summed E-state index contributed by atoms with van der Waals surface area (Å²) < 4.78 is 7.10. The Labute approximate surface area is 130 Å². The van der Waals surface area contributed by atoms with Crippen LogP contribution in [0.5, 0.6) is 0 Å². The molecule has 1 atom stereocenters. The standard InChI is InChI=1S/C17H21N3O2/c1-13-10-16(19(2)18-13)17(21)20(11-14-8-9-22-12-14)15-6-4-3-5-7-15/h3-7,10,14H,8-9,11-12H2,1-2H3/t14-/m0/s1. The Hall–Kier alpha value is -2.14. The zero-order valence-corrected chi connectivity index (χ0v) is 13.0. The van der Waals surface area contributed by atoms with Crippen molar-refractivity contribution in [3.05, 3.63) is 47.8 Å². The van der Waals surface area contributed by atoms with E-state index in [-0.39, 0.29) is 5.91 Å². The van der Waals surface area contributed by atoms with Gasteiger partial charge in [0.15, 0.2) is 0 Å². The van der Waals surface area contributed by atoms with Gasteiger partial charge < -0.3 is 9.64 Å². The predicted octanol–water partition coefficient (Wildman–Crippen LogP) is 2.41. The van der Waals surface area contributed by atoms with E-state index in [1.54, 1.807) is 4.68 Å². The molecule has 5 nitrogen and oxygen atoms in total. The van der Waals surface area contributed by atoms with Crippen LogP contribution in [0, 0.1) is 12.8 Å². The van der Waals surface area contributed by atoms with Crippen molar-refractivity contribution < 1.29 is 9.53 Å². The fraction of sp³-hybridized carbons (Fsp3) is 0.412. The Bertz CT molecular complexity index is 645. The second-order valence-electron chi connectivity index (χ2n) is 5.78. The van der Waals surface area contributed by atoms with Crippen molar-refractivity contribution >= 4 is 11.6 Å². The largest absolute Gasteiger partial charge is 0.381 e. The van der Waals surface area contributed by atoms with E-state index in [2.05, 4.69) is 5.10 Å². The molecule has 1 aliphatic rings. The number of rotatable bonds is 4. The van der Waals surface area contributed by atoms with Gasteiger partial charge in [-0.2, -0.15) is 5.10 Å². The Morgan fingerprint density at radius 2 is 2.18 bits per heavy atom. The highest BCUT2D eigenvalue weighted by atomic mass is 16.5. The molecule has 2 aromatic rings. The summed E-state index contributed by atoms with van der Waals surface area (Å²) in [4.78, 5) is 14.8. The normalized spacial score (nSPS) is 17.6. The number of para-hydroxylation sites is 1. The van der Waals surface area contributed by atoms with Crippen molar-refractivity contribution in [3.8, 4) is 0 Å². The van der Waals surface area contributed by atoms with Crippen LogP contribution < -0.4 is 4.90 Å². The molecule has 22 heavy (non-hydrogen) atoms. The molecule has 1 fully saturated rings. The fourth-order valence-electron chi connectivity index (χ4n) is 2.85. The van der Waals surface area contributed by atoms with Crippen LogP contribution in [0.1, 0.15) is 22.6 Å². The van der Waals surface area contributed by atoms with Crippen molar-refractivity contribution in [2.45, 2.75) is 13.3 Å². The van der Waals surface area contributed by atoms with Crippen molar-refractivity contribution in [1.29, 1.82) is 0 Å². The van der Waals surface area contributed by atoms with Crippen LogP contribution in [0.25, 0.3) is 0 Å². The Kier molecular flexibility index (Phi) is 4.24. The van der Waals surface area contributed by atoms with E-state index in [4.69, 9.17) is 4.74 Å². The number of carbonyl (C=O) groups is 1. The number of nitrogens with zero attached hydrogens (tertiary/aromatic N) is 3. The quantitative estimate of drug-likeness (QED) is 0.871. The van der Waals surface area contributed by atoms with E-state index in [0.717, 1.165) is 31.0 Å². The average Bonchev–Trinajstić information content (AvgIpc) is 3.14. The molecule has 0 N–H and O–H groups in total. The van der Waals surface area contributed by atoms with Crippen LogP contribution in [-0.4, -0.2) is 35.4 Å². The highest BCUT2D eigenvalue weighted by Gasteiger charge is 2.26. The summed E-state index contributed by atoms with van der Waals surface area (Å²) in [5.41, 5.74) is 2.38. The Morgan fingerprint density at radius 1 is 1.41 bits per heavy atom. The third-order valence-electron chi connectivity index (χ3n) is 4.00. The number of benzene rings is 1. The van der Waals surface area contributed by atoms with Gasteiger partial charge in [0.25, 0.3) is 5.91 Å². The first kappa shape index (κ1) is 14.8. The van der Waals surface area contributed by atoms with Gasteiger partial charge in [0.05, 0.1) is 12.3 Å². The van der Waals surface area contributed by atoms with Crippen molar-refractivity contribution in [1.82, 2.24) is 9.78 Å². The SMILES string of the molecule is Cc1cc(C(=O)N(C[C@@H]2CCOC2)c2ccccc2)n(C)n1. The molecular formula is C17H21N3O2. The molecule has 1 saturated heterocycles. The number of aromatic nitrogens is 2. The second-order valence-corrected chi connectivity index (χ2v) is 5.78. The molecule has 116 valence electrons. The van der Waals surface area contributed by atoms with Gasteiger partial charge in [-0.15, -0.1) is 0 Å². The van der Waals surface area contributed by atoms with Crippen LogP contribution in [0.4, 0.5) is 5.69 Å². The number of carbonyl (C=O) groups excluding carboxylic acids is 1. The summed E-state index contributed by atoms with van der Waals surface area (Å²) in [5.74, 6) is 0.375. The van der Waals surface area contributed by atoms with E-state index in [1.807, 2.05) is 55.3 Å². The minimum absolute atomic E-state index is 0.0128. The molecule has 0 aliphatic carbocycles. The van der Waals surface area contributed by atoms with Crippen LogP contribution in [-0.2, 0) is 11.8 Å². The third-order valence-corrected chi connectivity index (χ3v) is 4.00. The van der Waals surface area contributed by atoms with Crippen LogP contribution >= 0.6 is 0 Å². The van der Waals surface area contributed by atoms with Crippen molar-refractivity contribution in [3.63, 3.8) is 0 Å². The summed E-state index contributed by atoms with van der Waals surface area (Å²) in [6, 6.07) is 11.6. The number of ether oxygens (including phenoxy) is 1. The summed E-state index contributed by atoms with van der Waals surface area (Å²) in [5, 5.41) is 4.28. The lowest BCUT2D eigenvalue weighted by molar-refractivity contribution is 0.0972. The van der Waals surface area contributed by atoms with Gasteiger partial charge in [0, 0.05) is 31.8 Å².